The van der Waals surface area contributed by atoms with Crippen molar-refractivity contribution in [3.8, 4) is 0 Å². The van der Waals surface area contributed by atoms with Crippen LogP contribution in [0.2, 0.25) is 0 Å². The molecule has 0 aliphatic carbocycles. The summed E-state index contributed by atoms with van der Waals surface area (Å²) < 4.78 is 0. The summed E-state index contributed by atoms with van der Waals surface area (Å²) in [5.74, 6) is 0.350. The molecule has 1 aromatic carbocycles. The Morgan fingerprint density at radius 2 is 2.22 bits per heavy atom. The van der Waals surface area contributed by atoms with Crippen molar-refractivity contribution in [2.75, 3.05) is 5.43 Å². The van der Waals surface area contributed by atoms with Crippen molar-refractivity contribution in [1.29, 1.82) is 0 Å². The predicted molar refractivity (Wildman–Crippen MR) is 69.8 cm³/mol. The lowest BCUT2D eigenvalue weighted by atomic mass is 10.2. The van der Waals surface area contributed by atoms with Crippen molar-refractivity contribution in [1.82, 2.24) is 15.2 Å². The number of hydrazone groups is 1. The predicted octanol–water partition coefficient (Wildman–Crippen LogP) is 1.23. The molecular weight excluding hydrogens is 230 g/mol. The second kappa shape index (κ2) is 5.22. The van der Waals surface area contributed by atoms with Gasteiger partial charge in [0, 0.05) is 0 Å². The van der Waals surface area contributed by atoms with Gasteiger partial charge in [-0.2, -0.15) is 15.2 Å². The summed E-state index contributed by atoms with van der Waals surface area (Å²) in [6.07, 6.45) is 1.66. The fourth-order valence-corrected chi connectivity index (χ4v) is 1.42. The number of H-pyrrole nitrogens is 1. The molecule has 0 amide bonds. The Balaban J connectivity index is 2.12. The van der Waals surface area contributed by atoms with Crippen molar-refractivity contribution in [2.45, 2.75) is 13.8 Å². The molecule has 0 unspecified atom stereocenters. The minimum Gasteiger partial charge on any atom is -0.260 e. The van der Waals surface area contributed by atoms with Crippen LogP contribution in [0.25, 0.3) is 0 Å². The lowest BCUT2D eigenvalue weighted by molar-refractivity contribution is 0.879. The third-order valence-electron chi connectivity index (χ3n) is 2.30. The van der Waals surface area contributed by atoms with E-state index in [2.05, 4.69) is 25.7 Å². The van der Waals surface area contributed by atoms with Crippen molar-refractivity contribution < 1.29 is 0 Å². The SMILES string of the molecule is Cc1cccc(/C=N/Nc2nc(=O)[nH]nc2C)c1. The maximum Gasteiger partial charge on any atom is 0.363 e. The highest BCUT2D eigenvalue weighted by atomic mass is 16.1. The lowest BCUT2D eigenvalue weighted by Crippen LogP contribution is -2.15. The number of anilines is 1. The van der Waals surface area contributed by atoms with Crippen LogP contribution in [0, 0.1) is 13.8 Å². The van der Waals surface area contributed by atoms with Crippen LogP contribution in [0.3, 0.4) is 0 Å². The van der Waals surface area contributed by atoms with Crippen molar-refractivity contribution >= 4 is 12.0 Å². The summed E-state index contributed by atoms with van der Waals surface area (Å²) in [6, 6.07) is 7.90. The maximum absolute atomic E-state index is 11.0. The fraction of sp³-hybridized carbons (Fsp3) is 0.167. The zero-order valence-electron chi connectivity index (χ0n) is 10.1. The highest BCUT2D eigenvalue weighted by molar-refractivity contribution is 5.80. The molecule has 2 N–H and O–H groups in total. The van der Waals surface area contributed by atoms with Crippen LogP contribution in [-0.4, -0.2) is 21.4 Å². The van der Waals surface area contributed by atoms with E-state index in [4.69, 9.17) is 0 Å². The summed E-state index contributed by atoms with van der Waals surface area (Å²) in [4.78, 5) is 14.7. The standard InChI is InChI=1S/C12H13N5O/c1-8-4-3-5-10(6-8)7-13-16-11-9(2)15-17-12(18)14-11/h3-7H,1-2H3,(H2,14,16,17,18)/b13-7+. The summed E-state index contributed by atoms with van der Waals surface area (Å²) >= 11 is 0. The molecule has 0 fully saturated rings. The first kappa shape index (κ1) is 12.0. The average molecular weight is 243 g/mol. The van der Waals surface area contributed by atoms with Gasteiger partial charge in [-0.05, 0) is 19.4 Å². The number of nitrogens with one attached hydrogen (secondary N) is 2. The van der Waals surface area contributed by atoms with E-state index >= 15 is 0 Å². The molecule has 0 atom stereocenters. The van der Waals surface area contributed by atoms with Gasteiger partial charge in [0.2, 0.25) is 0 Å². The molecule has 0 aliphatic rings. The number of nitrogens with zero attached hydrogens (tertiary/aromatic N) is 3. The molecule has 92 valence electrons. The van der Waals surface area contributed by atoms with Crippen LogP contribution in [0.1, 0.15) is 16.8 Å². The number of aryl methyl sites for hydroxylation is 2. The third kappa shape index (κ3) is 3.00. The molecule has 0 spiro atoms. The van der Waals surface area contributed by atoms with Crippen molar-refractivity contribution in [2.24, 2.45) is 5.10 Å². The van der Waals surface area contributed by atoms with E-state index in [1.54, 1.807) is 13.1 Å². The second-order valence-corrected chi connectivity index (χ2v) is 3.86. The topological polar surface area (TPSA) is 83.0 Å². The van der Waals surface area contributed by atoms with Crippen LogP contribution < -0.4 is 11.1 Å². The van der Waals surface area contributed by atoms with Crippen LogP contribution in [0.4, 0.5) is 5.82 Å². The Hall–Kier alpha value is -2.50. The zero-order chi connectivity index (χ0) is 13.0. The van der Waals surface area contributed by atoms with E-state index in [9.17, 15) is 4.79 Å². The number of rotatable bonds is 3. The smallest absolute Gasteiger partial charge is 0.260 e. The molecule has 0 saturated heterocycles. The molecule has 2 rings (SSSR count). The minimum atomic E-state index is -0.506. The van der Waals surface area contributed by atoms with Gasteiger partial charge in [-0.15, -0.1) is 0 Å². The summed E-state index contributed by atoms with van der Waals surface area (Å²) in [5, 5.41) is 10.1. The van der Waals surface area contributed by atoms with Gasteiger partial charge in [-0.1, -0.05) is 29.8 Å². The summed E-state index contributed by atoms with van der Waals surface area (Å²) in [5.41, 5.74) is 4.90. The highest BCUT2D eigenvalue weighted by Gasteiger charge is 1.99. The van der Waals surface area contributed by atoms with Gasteiger partial charge in [-0.3, -0.25) is 5.43 Å². The van der Waals surface area contributed by atoms with Gasteiger partial charge in [-0.25, -0.2) is 9.89 Å². The third-order valence-corrected chi connectivity index (χ3v) is 2.30. The second-order valence-electron chi connectivity index (χ2n) is 3.86. The van der Waals surface area contributed by atoms with E-state index < -0.39 is 5.69 Å². The first-order valence-electron chi connectivity index (χ1n) is 5.44. The van der Waals surface area contributed by atoms with Gasteiger partial charge in [0.1, 0.15) is 5.69 Å². The molecule has 1 aromatic heterocycles. The van der Waals surface area contributed by atoms with Crippen LogP contribution >= 0.6 is 0 Å². The molecule has 0 aliphatic heterocycles. The summed E-state index contributed by atoms with van der Waals surface area (Å²) in [7, 11) is 0. The molecule has 18 heavy (non-hydrogen) atoms. The molecule has 0 bridgehead atoms. The Kier molecular flexibility index (Phi) is 3.47. The van der Waals surface area contributed by atoms with E-state index in [-0.39, 0.29) is 0 Å². The lowest BCUT2D eigenvalue weighted by Gasteiger charge is -2.00. The molecule has 0 radical (unpaired) electrons. The highest BCUT2D eigenvalue weighted by Crippen LogP contribution is 2.04. The molecule has 1 heterocycles. The Morgan fingerprint density at radius 1 is 1.39 bits per heavy atom. The summed E-state index contributed by atoms with van der Waals surface area (Å²) in [6.45, 7) is 3.74. The monoisotopic (exact) mass is 243 g/mol. The normalized spacial score (nSPS) is 10.8. The first-order chi connectivity index (χ1) is 8.65. The van der Waals surface area contributed by atoms with E-state index in [1.807, 2.05) is 31.2 Å². The first-order valence-corrected chi connectivity index (χ1v) is 5.44. The molecule has 0 saturated carbocycles. The zero-order valence-corrected chi connectivity index (χ0v) is 10.1. The van der Waals surface area contributed by atoms with E-state index in [0.717, 1.165) is 11.1 Å². The average Bonchev–Trinajstić information content (AvgIpc) is 2.34. The van der Waals surface area contributed by atoms with Gasteiger partial charge in [0.25, 0.3) is 0 Å². The van der Waals surface area contributed by atoms with Gasteiger partial charge >= 0.3 is 5.69 Å². The number of hydrogen-bond donors (Lipinski definition) is 2. The van der Waals surface area contributed by atoms with E-state index in [0.29, 0.717) is 11.5 Å². The minimum absolute atomic E-state index is 0.350. The number of aromatic amines is 1. The van der Waals surface area contributed by atoms with Crippen LogP contribution in [0.5, 0.6) is 0 Å². The maximum atomic E-state index is 11.0. The Bertz CT molecular complexity index is 632. The van der Waals surface area contributed by atoms with Gasteiger partial charge < -0.3 is 0 Å². The van der Waals surface area contributed by atoms with E-state index in [1.165, 1.54) is 0 Å². The Morgan fingerprint density at radius 3 is 3.00 bits per heavy atom. The largest absolute Gasteiger partial charge is 0.363 e. The van der Waals surface area contributed by atoms with Gasteiger partial charge in [0.05, 0.1) is 6.21 Å². The van der Waals surface area contributed by atoms with Crippen LogP contribution in [0.15, 0.2) is 34.2 Å². The molecular formula is C12H13N5O. The number of hydrogen-bond acceptors (Lipinski definition) is 5. The number of benzene rings is 1. The van der Waals surface area contributed by atoms with Crippen LogP contribution in [-0.2, 0) is 0 Å². The fourth-order valence-electron chi connectivity index (χ4n) is 1.42. The molecule has 2 aromatic rings. The Labute approximate surface area is 104 Å². The molecule has 6 nitrogen and oxygen atoms in total. The quantitative estimate of drug-likeness (QED) is 0.627. The van der Waals surface area contributed by atoms with Gasteiger partial charge in [0.15, 0.2) is 5.82 Å². The molecule has 6 heteroatoms. The number of aromatic nitrogens is 3. The van der Waals surface area contributed by atoms with Crippen molar-refractivity contribution in [3.63, 3.8) is 0 Å². The van der Waals surface area contributed by atoms with Crippen molar-refractivity contribution in [3.05, 3.63) is 51.6 Å².